The van der Waals surface area contributed by atoms with E-state index in [1.807, 2.05) is 11.8 Å². The lowest BCUT2D eigenvalue weighted by atomic mass is 10.0. The van der Waals surface area contributed by atoms with Gasteiger partial charge in [0.05, 0.1) is 5.92 Å². The van der Waals surface area contributed by atoms with Gasteiger partial charge in [-0.25, -0.2) is 8.78 Å². The molecule has 0 radical (unpaired) electrons. The van der Waals surface area contributed by atoms with Crippen molar-refractivity contribution < 1.29 is 13.6 Å². The Hall–Kier alpha value is -1.53. The van der Waals surface area contributed by atoms with Crippen LogP contribution in [0.1, 0.15) is 31.4 Å². The summed E-state index contributed by atoms with van der Waals surface area (Å²) < 4.78 is 27.3. The van der Waals surface area contributed by atoms with E-state index in [9.17, 15) is 13.6 Å². The highest BCUT2D eigenvalue weighted by molar-refractivity contribution is 5.79. The smallest absolute Gasteiger partial charge is 0.227 e. The van der Waals surface area contributed by atoms with Gasteiger partial charge < -0.3 is 10.2 Å². The third-order valence-corrected chi connectivity index (χ3v) is 5.18. The molecule has 2 aliphatic rings. The molecule has 132 valence electrons. The van der Waals surface area contributed by atoms with Crippen molar-refractivity contribution in [2.24, 2.45) is 5.92 Å². The van der Waals surface area contributed by atoms with E-state index in [1.165, 1.54) is 6.07 Å². The second-order valence-corrected chi connectivity index (χ2v) is 6.64. The molecule has 0 unspecified atom stereocenters. The van der Waals surface area contributed by atoms with Crippen LogP contribution < -0.4 is 5.32 Å². The van der Waals surface area contributed by atoms with E-state index in [1.54, 1.807) is 6.07 Å². The van der Waals surface area contributed by atoms with Gasteiger partial charge in [-0.15, -0.1) is 0 Å². The Kier molecular flexibility index (Phi) is 5.46. The van der Waals surface area contributed by atoms with Crippen molar-refractivity contribution >= 4 is 5.91 Å². The van der Waals surface area contributed by atoms with Crippen LogP contribution in [0.25, 0.3) is 0 Å². The summed E-state index contributed by atoms with van der Waals surface area (Å²) in [7, 11) is 0. The molecule has 0 aromatic heterocycles. The molecule has 2 saturated heterocycles. The first-order valence-corrected chi connectivity index (χ1v) is 8.78. The molecule has 0 spiro atoms. The van der Waals surface area contributed by atoms with Crippen LogP contribution in [-0.4, -0.2) is 55.0 Å². The van der Waals surface area contributed by atoms with Crippen molar-refractivity contribution in [1.82, 2.24) is 15.1 Å². The van der Waals surface area contributed by atoms with E-state index in [0.29, 0.717) is 18.7 Å². The Morgan fingerprint density at radius 2 is 2.04 bits per heavy atom. The zero-order valence-corrected chi connectivity index (χ0v) is 14.1. The maximum Gasteiger partial charge on any atom is 0.227 e. The summed E-state index contributed by atoms with van der Waals surface area (Å²) in [6, 6.07) is 3.73. The van der Waals surface area contributed by atoms with Gasteiger partial charge in [0.15, 0.2) is 0 Å². The number of hydrogen-bond donors (Lipinski definition) is 1. The third kappa shape index (κ3) is 3.59. The monoisotopic (exact) mass is 337 g/mol. The van der Waals surface area contributed by atoms with Crippen LogP contribution in [-0.2, 0) is 4.79 Å². The Bertz CT molecular complexity index is 582. The predicted molar refractivity (Wildman–Crippen MR) is 88.5 cm³/mol. The number of benzene rings is 1. The SMILES string of the molecule is CC[C@@H](c1ccc(F)cc1F)N1CCN(C(=O)[C@@H]2CCNC2)CC1. The van der Waals surface area contributed by atoms with Crippen molar-refractivity contribution in [2.45, 2.75) is 25.8 Å². The van der Waals surface area contributed by atoms with E-state index < -0.39 is 11.6 Å². The fourth-order valence-corrected chi connectivity index (χ4v) is 3.82. The highest BCUT2D eigenvalue weighted by Crippen LogP contribution is 2.28. The molecule has 1 N–H and O–H groups in total. The van der Waals surface area contributed by atoms with Gasteiger partial charge in [-0.2, -0.15) is 0 Å². The number of rotatable bonds is 4. The lowest BCUT2D eigenvalue weighted by Crippen LogP contribution is -2.51. The minimum atomic E-state index is -0.549. The number of carbonyl (C=O) groups excluding carboxylic acids is 1. The van der Waals surface area contributed by atoms with E-state index in [0.717, 1.165) is 45.1 Å². The molecule has 0 aliphatic carbocycles. The summed E-state index contributed by atoms with van der Waals surface area (Å²) >= 11 is 0. The van der Waals surface area contributed by atoms with E-state index in [-0.39, 0.29) is 17.9 Å². The molecule has 2 heterocycles. The Labute approximate surface area is 141 Å². The highest BCUT2D eigenvalue weighted by Gasteiger charge is 2.31. The van der Waals surface area contributed by atoms with Crippen molar-refractivity contribution in [2.75, 3.05) is 39.3 Å². The normalized spacial score (nSPS) is 23.5. The van der Waals surface area contributed by atoms with E-state index in [4.69, 9.17) is 0 Å². The fourth-order valence-electron chi connectivity index (χ4n) is 3.82. The number of carbonyl (C=O) groups is 1. The van der Waals surface area contributed by atoms with Crippen LogP contribution >= 0.6 is 0 Å². The van der Waals surface area contributed by atoms with Crippen molar-refractivity contribution in [3.8, 4) is 0 Å². The van der Waals surface area contributed by atoms with Gasteiger partial charge in [-0.3, -0.25) is 9.69 Å². The third-order valence-electron chi connectivity index (χ3n) is 5.18. The second kappa shape index (κ2) is 7.57. The maximum atomic E-state index is 14.1. The first-order valence-electron chi connectivity index (χ1n) is 8.78. The van der Waals surface area contributed by atoms with E-state index >= 15 is 0 Å². The van der Waals surface area contributed by atoms with E-state index in [2.05, 4.69) is 10.2 Å². The number of nitrogens with one attached hydrogen (secondary N) is 1. The molecule has 1 amide bonds. The first kappa shape index (κ1) is 17.3. The Morgan fingerprint density at radius 1 is 1.29 bits per heavy atom. The zero-order chi connectivity index (χ0) is 17.1. The molecular weight excluding hydrogens is 312 g/mol. The van der Waals surface area contributed by atoms with Crippen molar-refractivity contribution in [1.29, 1.82) is 0 Å². The lowest BCUT2D eigenvalue weighted by Gasteiger charge is -2.40. The molecule has 1 aromatic rings. The molecular formula is C18H25F2N3O. The quantitative estimate of drug-likeness (QED) is 0.915. The van der Waals surface area contributed by atoms with Gasteiger partial charge in [0, 0.05) is 50.4 Å². The van der Waals surface area contributed by atoms with Crippen LogP contribution in [0.5, 0.6) is 0 Å². The summed E-state index contributed by atoms with van der Waals surface area (Å²) in [5, 5.41) is 3.23. The summed E-state index contributed by atoms with van der Waals surface area (Å²) in [6.07, 6.45) is 1.67. The van der Waals surface area contributed by atoms with Gasteiger partial charge >= 0.3 is 0 Å². The predicted octanol–water partition coefficient (Wildman–Crippen LogP) is 2.17. The van der Waals surface area contributed by atoms with Gasteiger partial charge in [0.1, 0.15) is 11.6 Å². The van der Waals surface area contributed by atoms with Crippen molar-refractivity contribution in [3.05, 3.63) is 35.4 Å². The minimum Gasteiger partial charge on any atom is -0.340 e. The molecule has 3 rings (SSSR count). The van der Waals surface area contributed by atoms with Crippen LogP contribution in [0.15, 0.2) is 18.2 Å². The van der Waals surface area contributed by atoms with Crippen LogP contribution in [0, 0.1) is 17.6 Å². The Balaban J connectivity index is 1.63. The molecule has 2 aliphatic heterocycles. The van der Waals surface area contributed by atoms with Crippen molar-refractivity contribution in [3.63, 3.8) is 0 Å². The first-order chi connectivity index (χ1) is 11.6. The molecule has 2 atom stereocenters. The van der Waals surface area contributed by atoms with Crippen LogP contribution in [0.3, 0.4) is 0 Å². The summed E-state index contributed by atoms with van der Waals surface area (Å²) in [4.78, 5) is 16.6. The molecule has 4 nitrogen and oxygen atoms in total. The average Bonchev–Trinajstić information content (AvgIpc) is 3.12. The summed E-state index contributed by atoms with van der Waals surface area (Å²) in [5.74, 6) is -0.696. The number of hydrogen-bond acceptors (Lipinski definition) is 3. The number of nitrogens with zero attached hydrogens (tertiary/aromatic N) is 2. The largest absolute Gasteiger partial charge is 0.340 e. The average molecular weight is 337 g/mol. The molecule has 0 bridgehead atoms. The fraction of sp³-hybridized carbons (Fsp3) is 0.611. The molecule has 1 aromatic carbocycles. The van der Waals surface area contributed by atoms with Gasteiger partial charge in [-0.05, 0) is 25.5 Å². The molecule has 0 saturated carbocycles. The minimum absolute atomic E-state index is 0.0731. The summed E-state index contributed by atoms with van der Waals surface area (Å²) in [5.41, 5.74) is 0.540. The topological polar surface area (TPSA) is 35.6 Å². The number of piperazine rings is 1. The Morgan fingerprint density at radius 3 is 2.62 bits per heavy atom. The number of halogens is 2. The molecule has 24 heavy (non-hydrogen) atoms. The second-order valence-electron chi connectivity index (χ2n) is 6.64. The molecule has 2 fully saturated rings. The standard InChI is InChI=1S/C18H25F2N3O/c1-2-17(15-4-3-14(19)11-16(15)20)22-7-9-23(10-8-22)18(24)13-5-6-21-12-13/h3-4,11,13,17,21H,2,5-10,12H2,1H3/t13-,17+/m1/s1. The highest BCUT2D eigenvalue weighted by atomic mass is 19.1. The maximum absolute atomic E-state index is 14.1. The van der Waals surface area contributed by atoms with Gasteiger partial charge in [-0.1, -0.05) is 13.0 Å². The van der Waals surface area contributed by atoms with Crippen LogP contribution in [0.2, 0.25) is 0 Å². The van der Waals surface area contributed by atoms with Gasteiger partial charge in [0.25, 0.3) is 0 Å². The van der Waals surface area contributed by atoms with Crippen LogP contribution in [0.4, 0.5) is 8.78 Å². The lowest BCUT2D eigenvalue weighted by molar-refractivity contribution is -0.137. The van der Waals surface area contributed by atoms with Gasteiger partial charge in [0.2, 0.25) is 5.91 Å². The molecule has 6 heteroatoms. The summed E-state index contributed by atoms with van der Waals surface area (Å²) in [6.45, 7) is 6.50. The number of amides is 1. The zero-order valence-electron chi connectivity index (χ0n) is 14.1.